The molecule has 0 unspecified atom stereocenters. The molecule has 1 aromatic heterocycles. The van der Waals surface area contributed by atoms with E-state index in [1.165, 1.54) is 0 Å². The number of aromatic amines is 1. The molecule has 0 aromatic carbocycles. The van der Waals surface area contributed by atoms with Crippen molar-refractivity contribution in [3.63, 3.8) is 0 Å². The van der Waals surface area contributed by atoms with E-state index in [1.807, 2.05) is 12.1 Å². The molecular formula is C8H13N3O. The van der Waals surface area contributed by atoms with Crippen molar-refractivity contribution in [2.45, 2.75) is 6.42 Å². The van der Waals surface area contributed by atoms with Crippen molar-refractivity contribution in [2.24, 2.45) is 0 Å². The van der Waals surface area contributed by atoms with Gasteiger partial charge in [-0.05, 0) is 12.1 Å². The van der Waals surface area contributed by atoms with E-state index < -0.39 is 0 Å². The maximum absolute atomic E-state index is 11.1. The third-order valence-corrected chi connectivity index (χ3v) is 1.36. The van der Waals surface area contributed by atoms with Gasteiger partial charge >= 0.3 is 0 Å². The van der Waals surface area contributed by atoms with Crippen molar-refractivity contribution in [1.29, 1.82) is 0 Å². The summed E-state index contributed by atoms with van der Waals surface area (Å²) in [6, 6.07) is 3.76. The summed E-state index contributed by atoms with van der Waals surface area (Å²) < 4.78 is 0. The van der Waals surface area contributed by atoms with Gasteiger partial charge in [0.15, 0.2) is 0 Å². The van der Waals surface area contributed by atoms with Crippen LogP contribution in [0.15, 0.2) is 18.3 Å². The van der Waals surface area contributed by atoms with Crippen LogP contribution in [0.25, 0.3) is 0 Å². The molecule has 1 aromatic rings. The lowest BCUT2D eigenvalue weighted by molar-refractivity contribution is -0.124. The Morgan fingerprint density at radius 2 is 2.42 bits per heavy atom. The molecule has 0 aliphatic rings. The fourth-order valence-electron chi connectivity index (χ4n) is 0.939. The van der Waals surface area contributed by atoms with E-state index in [4.69, 9.17) is 0 Å². The number of hydrazine groups is 1. The molecule has 0 fully saturated rings. The van der Waals surface area contributed by atoms with Gasteiger partial charge in [0.05, 0.1) is 6.42 Å². The molecule has 66 valence electrons. The third-order valence-electron chi connectivity index (χ3n) is 1.36. The van der Waals surface area contributed by atoms with Crippen LogP contribution in [0.3, 0.4) is 0 Å². The maximum atomic E-state index is 11.1. The maximum Gasteiger partial charge on any atom is 0.240 e. The zero-order valence-electron chi connectivity index (χ0n) is 7.29. The van der Waals surface area contributed by atoms with Crippen LogP contribution in [-0.2, 0) is 11.2 Å². The quantitative estimate of drug-likeness (QED) is 0.629. The van der Waals surface area contributed by atoms with Crippen molar-refractivity contribution in [3.8, 4) is 0 Å². The lowest BCUT2D eigenvalue weighted by Crippen LogP contribution is -2.37. The second-order valence-corrected chi connectivity index (χ2v) is 2.80. The zero-order valence-corrected chi connectivity index (χ0v) is 7.29. The van der Waals surface area contributed by atoms with Crippen molar-refractivity contribution < 1.29 is 4.79 Å². The minimum atomic E-state index is -0.0116. The smallest absolute Gasteiger partial charge is 0.240 e. The number of hydrogen-bond acceptors (Lipinski definition) is 2. The van der Waals surface area contributed by atoms with Gasteiger partial charge in [-0.2, -0.15) is 0 Å². The lowest BCUT2D eigenvalue weighted by atomic mass is 10.3. The molecule has 1 heterocycles. The molecule has 1 amide bonds. The molecule has 4 heteroatoms. The lowest BCUT2D eigenvalue weighted by Gasteiger charge is -2.10. The van der Waals surface area contributed by atoms with Crippen LogP contribution >= 0.6 is 0 Å². The largest absolute Gasteiger partial charge is 0.365 e. The summed E-state index contributed by atoms with van der Waals surface area (Å²) in [5, 5.41) is 1.63. The first-order valence-electron chi connectivity index (χ1n) is 3.77. The molecule has 0 atom stereocenters. The highest BCUT2D eigenvalue weighted by molar-refractivity contribution is 5.77. The molecule has 0 saturated heterocycles. The van der Waals surface area contributed by atoms with Crippen molar-refractivity contribution >= 4 is 5.91 Å². The predicted octanol–water partition coefficient (Wildman–Crippen LogP) is 0.150. The number of aromatic nitrogens is 1. The highest BCUT2D eigenvalue weighted by Gasteiger charge is 2.03. The topological polar surface area (TPSA) is 48.1 Å². The Balaban J connectivity index is 2.37. The average Bonchev–Trinajstić information content (AvgIpc) is 2.37. The molecule has 1 rings (SSSR count). The number of H-pyrrole nitrogens is 1. The summed E-state index contributed by atoms with van der Waals surface area (Å²) in [7, 11) is 3.57. The van der Waals surface area contributed by atoms with Gasteiger partial charge in [0, 0.05) is 26.0 Å². The second kappa shape index (κ2) is 3.92. The molecule has 0 radical (unpaired) electrons. The summed E-state index contributed by atoms with van der Waals surface area (Å²) >= 11 is 0. The molecule has 0 spiro atoms. The second-order valence-electron chi connectivity index (χ2n) is 2.80. The number of carbonyl (C=O) groups excluding carboxylic acids is 1. The first-order chi connectivity index (χ1) is 5.68. The van der Waals surface area contributed by atoms with Crippen LogP contribution in [0, 0.1) is 0 Å². The normalized spacial score (nSPS) is 10.2. The molecule has 0 saturated carbocycles. The Morgan fingerprint density at radius 3 is 2.92 bits per heavy atom. The zero-order chi connectivity index (χ0) is 8.97. The number of carbonyl (C=O) groups is 1. The van der Waals surface area contributed by atoms with Gasteiger partial charge in [-0.25, -0.2) is 5.01 Å². The molecular weight excluding hydrogens is 154 g/mol. The Kier molecular flexibility index (Phi) is 2.88. The standard InChI is InChI=1S/C8H13N3O/c1-11(2)10-8(12)6-7-4-3-5-9-7/h3-5,9H,6H2,1-2H3,(H,10,12). The number of hydrogen-bond donors (Lipinski definition) is 2. The number of nitrogens with one attached hydrogen (secondary N) is 2. The summed E-state index contributed by atoms with van der Waals surface area (Å²) in [6.07, 6.45) is 2.20. The van der Waals surface area contributed by atoms with Crippen LogP contribution in [-0.4, -0.2) is 30.0 Å². The Morgan fingerprint density at radius 1 is 1.67 bits per heavy atom. The van der Waals surface area contributed by atoms with Gasteiger partial charge in [-0.15, -0.1) is 0 Å². The van der Waals surface area contributed by atoms with E-state index in [2.05, 4.69) is 10.4 Å². The van der Waals surface area contributed by atoms with Gasteiger partial charge in [-0.1, -0.05) is 0 Å². The monoisotopic (exact) mass is 167 g/mol. The molecule has 12 heavy (non-hydrogen) atoms. The van der Waals surface area contributed by atoms with Crippen LogP contribution in [0.1, 0.15) is 5.69 Å². The summed E-state index contributed by atoms with van der Waals surface area (Å²) in [6.45, 7) is 0. The molecule has 0 aliphatic carbocycles. The van der Waals surface area contributed by atoms with E-state index in [-0.39, 0.29) is 5.91 Å². The Bertz CT molecular complexity index is 241. The molecule has 2 N–H and O–H groups in total. The fourth-order valence-corrected chi connectivity index (χ4v) is 0.939. The van der Waals surface area contributed by atoms with E-state index in [9.17, 15) is 4.79 Å². The number of rotatable bonds is 3. The van der Waals surface area contributed by atoms with Crippen LogP contribution in [0.2, 0.25) is 0 Å². The van der Waals surface area contributed by atoms with Gasteiger partial charge in [0.25, 0.3) is 0 Å². The first kappa shape index (κ1) is 8.80. The van der Waals surface area contributed by atoms with E-state index in [0.29, 0.717) is 6.42 Å². The van der Waals surface area contributed by atoms with E-state index in [1.54, 1.807) is 25.3 Å². The summed E-state index contributed by atoms with van der Waals surface area (Å²) in [5.74, 6) is -0.0116. The SMILES string of the molecule is CN(C)NC(=O)Cc1ccc[nH]1. The van der Waals surface area contributed by atoms with Crippen molar-refractivity contribution in [2.75, 3.05) is 14.1 Å². The molecule has 0 bridgehead atoms. The summed E-state index contributed by atoms with van der Waals surface area (Å²) in [5.41, 5.74) is 3.58. The van der Waals surface area contributed by atoms with Crippen molar-refractivity contribution in [3.05, 3.63) is 24.0 Å². The highest BCUT2D eigenvalue weighted by Crippen LogP contribution is 1.94. The Labute approximate surface area is 71.5 Å². The Hall–Kier alpha value is -1.29. The minimum absolute atomic E-state index is 0.0116. The first-order valence-corrected chi connectivity index (χ1v) is 3.77. The van der Waals surface area contributed by atoms with Crippen LogP contribution < -0.4 is 5.43 Å². The number of amides is 1. The fraction of sp³-hybridized carbons (Fsp3) is 0.375. The van der Waals surface area contributed by atoms with Gasteiger partial charge in [-0.3, -0.25) is 10.2 Å². The average molecular weight is 167 g/mol. The van der Waals surface area contributed by atoms with Crippen LogP contribution in [0.5, 0.6) is 0 Å². The highest BCUT2D eigenvalue weighted by atomic mass is 16.2. The van der Waals surface area contributed by atoms with E-state index in [0.717, 1.165) is 5.69 Å². The van der Waals surface area contributed by atoms with Gasteiger partial charge in [0.2, 0.25) is 5.91 Å². The summed E-state index contributed by atoms with van der Waals surface area (Å²) in [4.78, 5) is 14.1. The van der Waals surface area contributed by atoms with Gasteiger partial charge in [0.1, 0.15) is 0 Å². The van der Waals surface area contributed by atoms with Crippen molar-refractivity contribution in [1.82, 2.24) is 15.4 Å². The van der Waals surface area contributed by atoms with E-state index >= 15 is 0 Å². The molecule has 0 aliphatic heterocycles. The molecule has 4 nitrogen and oxygen atoms in total. The minimum Gasteiger partial charge on any atom is -0.365 e. The predicted molar refractivity (Wildman–Crippen MR) is 46.3 cm³/mol. The van der Waals surface area contributed by atoms with Gasteiger partial charge < -0.3 is 4.98 Å². The third kappa shape index (κ3) is 2.75. The van der Waals surface area contributed by atoms with Crippen LogP contribution in [0.4, 0.5) is 0 Å². The number of nitrogens with zero attached hydrogens (tertiary/aromatic N) is 1.